The van der Waals surface area contributed by atoms with Crippen molar-refractivity contribution < 1.29 is 22.7 Å². The van der Waals surface area contributed by atoms with Gasteiger partial charge in [0.1, 0.15) is 6.04 Å². The molecule has 2 amide bonds. The molecule has 0 aromatic carbocycles. The Labute approximate surface area is 149 Å². The van der Waals surface area contributed by atoms with Gasteiger partial charge in [-0.25, -0.2) is 8.42 Å². The number of carbonyl (C=O) groups excluding carboxylic acids is 2. The summed E-state index contributed by atoms with van der Waals surface area (Å²) in [4.78, 5) is 25.4. The zero-order chi connectivity index (χ0) is 18.0. The number of hydrogen-bond acceptors (Lipinski definition) is 8. The first-order valence-electron chi connectivity index (χ1n) is 7.89. The Bertz CT molecular complexity index is 759. The molecular weight excluding hydrogens is 370 g/mol. The Balaban J connectivity index is 1.79. The number of anilines is 1. The van der Waals surface area contributed by atoms with Crippen molar-refractivity contribution in [3.63, 3.8) is 0 Å². The van der Waals surface area contributed by atoms with Gasteiger partial charge in [0.15, 0.2) is 0 Å². The maximum absolute atomic E-state index is 12.9. The summed E-state index contributed by atoms with van der Waals surface area (Å²) in [6.45, 7) is 3.41. The van der Waals surface area contributed by atoms with Gasteiger partial charge in [-0.15, -0.1) is 10.2 Å². The van der Waals surface area contributed by atoms with Crippen molar-refractivity contribution in [2.45, 2.75) is 30.1 Å². The SMILES string of the molecule is CC(=O)Nc1nnc(S(=O)(=O)N2CCC[C@H]2C(=O)N2CCOCC2)s1. The lowest BCUT2D eigenvalue weighted by atomic mass is 10.2. The zero-order valence-electron chi connectivity index (χ0n) is 13.7. The highest BCUT2D eigenvalue weighted by Crippen LogP contribution is 2.30. The maximum atomic E-state index is 12.9. The fraction of sp³-hybridized carbons (Fsp3) is 0.692. The van der Waals surface area contributed by atoms with Crippen LogP contribution in [-0.2, 0) is 24.3 Å². The number of hydrogen-bond donors (Lipinski definition) is 1. The van der Waals surface area contributed by atoms with Crippen LogP contribution in [0.25, 0.3) is 0 Å². The molecule has 25 heavy (non-hydrogen) atoms. The zero-order valence-corrected chi connectivity index (χ0v) is 15.3. The molecule has 12 heteroatoms. The number of sulfonamides is 1. The minimum atomic E-state index is -3.94. The number of ether oxygens (including phenoxy) is 1. The van der Waals surface area contributed by atoms with Gasteiger partial charge < -0.3 is 15.0 Å². The van der Waals surface area contributed by atoms with E-state index in [1.807, 2.05) is 0 Å². The van der Waals surface area contributed by atoms with Crippen molar-refractivity contribution in [1.82, 2.24) is 19.4 Å². The predicted molar refractivity (Wildman–Crippen MR) is 88.5 cm³/mol. The van der Waals surface area contributed by atoms with Gasteiger partial charge in [-0.05, 0) is 12.8 Å². The van der Waals surface area contributed by atoms with E-state index in [1.54, 1.807) is 4.90 Å². The molecule has 2 aliphatic heterocycles. The smallest absolute Gasteiger partial charge is 0.273 e. The first kappa shape index (κ1) is 18.2. The Morgan fingerprint density at radius 2 is 1.96 bits per heavy atom. The summed E-state index contributed by atoms with van der Waals surface area (Å²) in [7, 11) is -3.94. The van der Waals surface area contributed by atoms with Gasteiger partial charge in [-0.1, -0.05) is 11.3 Å². The Hall–Kier alpha value is -1.63. The molecule has 3 rings (SSSR count). The summed E-state index contributed by atoms with van der Waals surface area (Å²) in [6.07, 6.45) is 1.09. The second-order valence-electron chi connectivity index (χ2n) is 5.77. The van der Waals surface area contributed by atoms with Gasteiger partial charge in [0.25, 0.3) is 10.0 Å². The highest BCUT2D eigenvalue weighted by molar-refractivity contribution is 7.91. The molecule has 2 fully saturated rings. The third-order valence-corrected chi connectivity index (χ3v) is 7.12. The lowest BCUT2D eigenvalue weighted by Gasteiger charge is -2.31. The average molecular weight is 389 g/mol. The van der Waals surface area contributed by atoms with Crippen molar-refractivity contribution in [3.8, 4) is 0 Å². The summed E-state index contributed by atoms with van der Waals surface area (Å²) >= 11 is 0.776. The Morgan fingerprint density at radius 1 is 1.24 bits per heavy atom. The standard InChI is InChI=1S/C13H19N5O5S2/c1-9(19)14-12-15-16-13(24-12)25(21,22)18-4-2-3-10(18)11(20)17-5-7-23-8-6-17/h10H,2-8H2,1H3,(H,14,15,19)/t10-/m0/s1. The lowest BCUT2D eigenvalue weighted by Crippen LogP contribution is -2.50. The fourth-order valence-corrected chi connectivity index (χ4v) is 5.60. The molecule has 1 aromatic rings. The molecule has 3 heterocycles. The van der Waals surface area contributed by atoms with E-state index >= 15 is 0 Å². The third kappa shape index (κ3) is 3.81. The number of nitrogens with zero attached hydrogens (tertiary/aromatic N) is 4. The van der Waals surface area contributed by atoms with Crippen LogP contribution in [0.5, 0.6) is 0 Å². The van der Waals surface area contributed by atoms with Crippen LogP contribution in [-0.4, -0.2) is 78.5 Å². The highest BCUT2D eigenvalue weighted by Gasteiger charge is 2.42. The second-order valence-corrected chi connectivity index (χ2v) is 8.81. The molecule has 0 aliphatic carbocycles. The van der Waals surface area contributed by atoms with E-state index in [4.69, 9.17) is 4.74 Å². The predicted octanol–water partition coefficient (Wildman–Crippen LogP) is -0.492. The summed E-state index contributed by atoms with van der Waals surface area (Å²) in [5, 5.41) is 9.86. The van der Waals surface area contributed by atoms with Crippen LogP contribution in [0.3, 0.4) is 0 Å². The van der Waals surface area contributed by atoms with Gasteiger partial charge in [-0.2, -0.15) is 4.31 Å². The van der Waals surface area contributed by atoms with E-state index in [9.17, 15) is 18.0 Å². The van der Waals surface area contributed by atoms with Crippen LogP contribution in [0.4, 0.5) is 5.13 Å². The van der Waals surface area contributed by atoms with E-state index in [2.05, 4.69) is 15.5 Å². The molecule has 0 spiro atoms. The van der Waals surface area contributed by atoms with E-state index in [0.29, 0.717) is 39.1 Å². The van der Waals surface area contributed by atoms with Crippen LogP contribution in [0, 0.1) is 0 Å². The maximum Gasteiger partial charge on any atom is 0.273 e. The van der Waals surface area contributed by atoms with Crippen molar-refractivity contribution in [3.05, 3.63) is 0 Å². The minimum Gasteiger partial charge on any atom is -0.378 e. The highest BCUT2D eigenvalue weighted by atomic mass is 32.2. The van der Waals surface area contributed by atoms with Crippen molar-refractivity contribution in [2.24, 2.45) is 0 Å². The van der Waals surface area contributed by atoms with E-state index in [0.717, 1.165) is 11.3 Å². The van der Waals surface area contributed by atoms with Crippen molar-refractivity contribution in [1.29, 1.82) is 0 Å². The number of amides is 2. The summed E-state index contributed by atoms with van der Waals surface area (Å²) in [6, 6.07) is -0.726. The minimum absolute atomic E-state index is 0.112. The molecule has 2 saturated heterocycles. The molecule has 1 N–H and O–H groups in total. The molecule has 2 aliphatic rings. The summed E-state index contributed by atoms with van der Waals surface area (Å²) in [5.41, 5.74) is 0. The molecule has 0 unspecified atom stereocenters. The van der Waals surface area contributed by atoms with Crippen LogP contribution >= 0.6 is 11.3 Å². The fourth-order valence-electron chi connectivity index (χ4n) is 2.88. The Kier molecular flexibility index (Phi) is 5.32. The van der Waals surface area contributed by atoms with Crippen LogP contribution in [0.15, 0.2) is 4.34 Å². The molecule has 0 radical (unpaired) electrons. The van der Waals surface area contributed by atoms with Gasteiger partial charge in [0, 0.05) is 26.6 Å². The van der Waals surface area contributed by atoms with Gasteiger partial charge in [0.05, 0.1) is 13.2 Å². The van der Waals surface area contributed by atoms with Crippen molar-refractivity contribution >= 4 is 38.3 Å². The number of morpholine rings is 1. The molecule has 1 atom stereocenters. The lowest BCUT2D eigenvalue weighted by molar-refractivity contribution is -0.138. The topological polar surface area (TPSA) is 122 Å². The van der Waals surface area contributed by atoms with Crippen LogP contribution < -0.4 is 5.32 Å². The van der Waals surface area contributed by atoms with E-state index < -0.39 is 16.1 Å². The van der Waals surface area contributed by atoms with Crippen molar-refractivity contribution in [2.75, 3.05) is 38.2 Å². The summed E-state index contributed by atoms with van der Waals surface area (Å²) < 4.78 is 31.9. The van der Waals surface area contributed by atoms with Crippen LogP contribution in [0.2, 0.25) is 0 Å². The Morgan fingerprint density at radius 3 is 2.64 bits per heavy atom. The average Bonchev–Trinajstić information content (AvgIpc) is 3.24. The molecule has 138 valence electrons. The van der Waals surface area contributed by atoms with Gasteiger partial charge in [0.2, 0.25) is 21.3 Å². The van der Waals surface area contributed by atoms with Gasteiger partial charge >= 0.3 is 0 Å². The monoisotopic (exact) mass is 389 g/mol. The molecule has 10 nitrogen and oxygen atoms in total. The first-order chi connectivity index (χ1) is 11.9. The number of aromatic nitrogens is 2. The van der Waals surface area contributed by atoms with Gasteiger partial charge in [-0.3, -0.25) is 9.59 Å². The molecular formula is C13H19N5O5S2. The second kappa shape index (κ2) is 7.32. The number of carbonyl (C=O) groups is 2. The van der Waals surface area contributed by atoms with E-state index in [-0.39, 0.29) is 27.8 Å². The molecule has 1 aromatic heterocycles. The van der Waals surface area contributed by atoms with E-state index in [1.165, 1.54) is 11.2 Å². The number of nitrogens with one attached hydrogen (secondary N) is 1. The quantitative estimate of drug-likeness (QED) is 0.690. The first-order valence-corrected chi connectivity index (χ1v) is 10.1. The largest absolute Gasteiger partial charge is 0.378 e. The van der Waals surface area contributed by atoms with Crippen LogP contribution in [0.1, 0.15) is 19.8 Å². The normalized spacial score (nSPS) is 22.1. The molecule has 0 bridgehead atoms. The number of rotatable bonds is 4. The third-order valence-electron chi connectivity index (χ3n) is 4.03. The summed E-state index contributed by atoms with van der Waals surface area (Å²) in [5.74, 6) is -0.558. The molecule has 0 saturated carbocycles.